The Morgan fingerprint density at radius 1 is 1.07 bits per heavy atom. The summed E-state index contributed by atoms with van der Waals surface area (Å²) >= 11 is 1.48. The molecule has 1 aliphatic heterocycles. The van der Waals surface area contributed by atoms with Gasteiger partial charge < -0.3 is 9.52 Å². The highest BCUT2D eigenvalue weighted by atomic mass is 32.1. The smallest absolute Gasteiger partial charge is 0.202 e. The van der Waals surface area contributed by atoms with Crippen LogP contribution in [0.25, 0.3) is 31.8 Å². The topological polar surface area (TPSA) is 66.6 Å². The molecule has 148 valence electrons. The molecular weight excluding hydrogens is 384 g/mol. The van der Waals surface area contributed by atoms with Crippen molar-refractivity contribution in [2.45, 2.75) is 32.2 Å². The summed E-state index contributed by atoms with van der Waals surface area (Å²) in [4.78, 5) is 20.2. The fourth-order valence-corrected chi connectivity index (χ4v) is 5.02. The lowest BCUT2D eigenvalue weighted by molar-refractivity contribution is 0.272. The zero-order valence-electron chi connectivity index (χ0n) is 16.1. The summed E-state index contributed by atoms with van der Waals surface area (Å²) in [6.07, 6.45) is 6.32. The Morgan fingerprint density at radius 3 is 2.66 bits per heavy atom. The Bertz CT molecular complexity index is 1200. The van der Waals surface area contributed by atoms with Gasteiger partial charge in [0.25, 0.3) is 0 Å². The molecule has 2 aromatic carbocycles. The van der Waals surface area contributed by atoms with Gasteiger partial charge in [-0.25, -0.2) is 4.98 Å². The van der Waals surface area contributed by atoms with Crippen LogP contribution in [0, 0.1) is 0 Å². The molecular formula is C23H22N2O3S. The number of benzene rings is 2. The molecule has 0 unspecified atom stereocenters. The minimum absolute atomic E-state index is 0.109. The lowest BCUT2D eigenvalue weighted by Gasteiger charge is -2.20. The van der Waals surface area contributed by atoms with Gasteiger partial charge in [0, 0.05) is 6.54 Å². The molecule has 0 aliphatic carbocycles. The Labute approximate surface area is 172 Å². The van der Waals surface area contributed by atoms with Crippen molar-refractivity contribution in [3.8, 4) is 16.3 Å². The quantitative estimate of drug-likeness (QED) is 0.510. The molecule has 4 aromatic rings. The first-order valence-corrected chi connectivity index (χ1v) is 10.9. The van der Waals surface area contributed by atoms with Crippen LogP contribution in [0.2, 0.25) is 0 Å². The number of aromatic hydroxyl groups is 1. The fraction of sp³-hybridized carbons (Fsp3) is 0.304. The van der Waals surface area contributed by atoms with Crippen molar-refractivity contribution in [3.63, 3.8) is 0 Å². The number of aromatic nitrogens is 1. The van der Waals surface area contributed by atoms with Crippen LogP contribution in [0.5, 0.6) is 5.75 Å². The van der Waals surface area contributed by atoms with Gasteiger partial charge in [0.2, 0.25) is 5.43 Å². The average Bonchev–Trinajstić information content (AvgIpc) is 2.99. The number of phenolic OH excluding ortho intramolecular Hbond substituents is 1. The summed E-state index contributed by atoms with van der Waals surface area (Å²) in [5.41, 5.74) is 2.40. The van der Waals surface area contributed by atoms with Crippen molar-refractivity contribution >= 4 is 32.5 Å². The average molecular weight is 407 g/mol. The summed E-state index contributed by atoms with van der Waals surface area (Å²) in [6.45, 7) is 2.60. The molecule has 6 heteroatoms. The highest BCUT2D eigenvalue weighted by Gasteiger charge is 2.19. The number of hydrogen-bond acceptors (Lipinski definition) is 6. The minimum atomic E-state index is -0.109. The number of likely N-dealkylation sites (tertiary alicyclic amines) is 1. The molecule has 0 saturated carbocycles. The molecule has 1 fully saturated rings. The molecule has 29 heavy (non-hydrogen) atoms. The SMILES string of the molecule is O=c1c(-c2nc3ccccc3s2)coc2c(CN3CCCCCC3)c(O)ccc12. The number of rotatable bonds is 3. The molecule has 1 N–H and O–H groups in total. The van der Waals surface area contributed by atoms with E-state index in [1.807, 2.05) is 24.3 Å². The monoisotopic (exact) mass is 406 g/mol. The standard InChI is InChI=1S/C23H22N2O3S/c26-19-10-9-15-21(27)17(23-24-18-7-3-4-8-20(18)29-23)14-28-22(15)16(19)13-25-11-5-1-2-6-12-25/h3-4,7-10,14,26H,1-2,5-6,11-13H2. The normalized spacial score (nSPS) is 15.7. The first-order chi connectivity index (χ1) is 14.2. The van der Waals surface area contributed by atoms with Crippen LogP contribution in [0.15, 0.2) is 51.9 Å². The van der Waals surface area contributed by atoms with E-state index in [0.717, 1.165) is 36.1 Å². The fourth-order valence-electron chi connectivity index (χ4n) is 4.05. The molecule has 1 aliphatic rings. The van der Waals surface area contributed by atoms with Crippen LogP contribution in [-0.2, 0) is 6.54 Å². The second-order valence-electron chi connectivity index (χ2n) is 7.60. The Morgan fingerprint density at radius 2 is 1.86 bits per heavy atom. The molecule has 3 heterocycles. The zero-order valence-corrected chi connectivity index (χ0v) is 16.9. The van der Waals surface area contributed by atoms with Crippen LogP contribution in [-0.4, -0.2) is 28.1 Å². The zero-order chi connectivity index (χ0) is 19.8. The first kappa shape index (κ1) is 18.3. The van der Waals surface area contributed by atoms with Gasteiger partial charge in [-0.1, -0.05) is 25.0 Å². The van der Waals surface area contributed by atoms with Crippen LogP contribution in [0.4, 0.5) is 0 Å². The van der Waals surface area contributed by atoms with Gasteiger partial charge in [-0.15, -0.1) is 11.3 Å². The number of phenols is 1. The van der Waals surface area contributed by atoms with Gasteiger partial charge in [0.15, 0.2) is 0 Å². The largest absolute Gasteiger partial charge is 0.507 e. The van der Waals surface area contributed by atoms with E-state index in [0.29, 0.717) is 33.6 Å². The molecule has 1 saturated heterocycles. The van der Waals surface area contributed by atoms with E-state index in [-0.39, 0.29) is 11.2 Å². The third kappa shape index (κ3) is 3.43. The second-order valence-corrected chi connectivity index (χ2v) is 8.63. The summed E-state index contributed by atoms with van der Waals surface area (Å²) < 4.78 is 6.98. The van der Waals surface area contributed by atoms with E-state index in [2.05, 4.69) is 9.88 Å². The maximum absolute atomic E-state index is 13.2. The molecule has 5 nitrogen and oxygen atoms in total. The molecule has 2 aromatic heterocycles. The van der Waals surface area contributed by atoms with Gasteiger partial charge in [0.1, 0.15) is 22.6 Å². The number of thiazole rings is 1. The summed E-state index contributed by atoms with van der Waals surface area (Å²) in [7, 11) is 0. The summed E-state index contributed by atoms with van der Waals surface area (Å²) in [6, 6.07) is 11.1. The highest BCUT2D eigenvalue weighted by Crippen LogP contribution is 2.32. The molecule has 0 amide bonds. The predicted molar refractivity (Wildman–Crippen MR) is 117 cm³/mol. The Kier molecular flexibility index (Phi) is 4.81. The van der Waals surface area contributed by atoms with E-state index in [1.54, 1.807) is 12.1 Å². The number of hydrogen-bond donors (Lipinski definition) is 1. The first-order valence-electron chi connectivity index (χ1n) is 10.1. The molecule has 0 spiro atoms. The van der Waals surface area contributed by atoms with Crippen LogP contribution in [0.1, 0.15) is 31.2 Å². The molecule has 0 bridgehead atoms. The number of nitrogens with zero attached hydrogens (tertiary/aromatic N) is 2. The van der Waals surface area contributed by atoms with Gasteiger partial charge in [-0.3, -0.25) is 9.69 Å². The van der Waals surface area contributed by atoms with Gasteiger partial charge in [-0.2, -0.15) is 0 Å². The van der Waals surface area contributed by atoms with E-state index in [4.69, 9.17) is 4.42 Å². The van der Waals surface area contributed by atoms with E-state index in [9.17, 15) is 9.90 Å². The summed E-state index contributed by atoms with van der Waals surface area (Å²) in [5, 5.41) is 11.6. The third-order valence-electron chi connectivity index (χ3n) is 5.62. The van der Waals surface area contributed by atoms with Crippen molar-refractivity contribution in [3.05, 3.63) is 58.4 Å². The van der Waals surface area contributed by atoms with Crippen molar-refractivity contribution < 1.29 is 9.52 Å². The second kappa shape index (κ2) is 7.61. The predicted octanol–water partition coefficient (Wildman–Crippen LogP) is 5.15. The van der Waals surface area contributed by atoms with Gasteiger partial charge >= 0.3 is 0 Å². The van der Waals surface area contributed by atoms with Gasteiger partial charge in [0.05, 0.1) is 26.7 Å². The molecule has 0 radical (unpaired) electrons. The molecule has 5 rings (SSSR count). The lowest BCUT2D eigenvalue weighted by atomic mass is 10.1. The van der Waals surface area contributed by atoms with Crippen LogP contribution < -0.4 is 5.43 Å². The van der Waals surface area contributed by atoms with Crippen LogP contribution in [0.3, 0.4) is 0 Å². The lowest BCUT2D eigenvalue weighted by Crippen LogP contribution is -2.24. The molecule has 0 atom stereocenters. The third-order valence-corrected chi connectivity index (χ3v) is 6.69. The van der Waals surface area contributed by atoms with Crippen molar-refractivity contribution in [1.82, 2.24) is 9.88 Å². The van der Waals surface area contributed by atoms with Crippen molar-refractivity contribution in [1.29, 1.82) is 0 Å². The van der Waals surface area contributed by atoms with E-state index >= 15 is 0 Å². The maximum atomic E-state index is 13.2. The Hall–Kier alpha value is -2.70. The van der Waals surface area contributed by atoms with Crippen molar-refractivity contribution in [2.24, 2.45) is 0 Å². The van der Waals surface area contributed by atoms with Gasteiger partial charge in [-0.05, 0) is 50.2 Å². The summed E-state index contributed by atoms with van der Waals surface area (Å²) in [5.74, 6) is 0.178. The minimum Gasteiger partial charge on any atom is -0.507 e. The van der Waals surface area contributed by atoms with Crippen LogP contribution >= 0.6 is 11.3 Å². The number of para-hydroxylation sites is 1. The van der Waals surface area contributed by atoms with E-state index in [1.165, 1.54) is 30.4 Å². The number of fused-ring (bicyclic) bond motifs is 2. The van der Waals surface area contributed by atoms with Crippen molar-refractivity contribution in [2.75, 3.05) is 13.1 Å². The van der Waals surface area contributed by atoms with E-state index < -0.39 is 0 Å². The maximum Gasteiger partial charge on any atom is 0.202 e. The highest BCUT2D eigenvalue weighted by molar-refractivity contribution is 7.21. The Balaban J connectivity index is 1.59.